The Balaban J connectivity index is 3.57. The fraction of sp³-hybridized carbons (Fsp3) is 1.00. The Morgan fingerprint density at radius 1 is 1.64 bits per heavy atom. The van der Waals surface area contributed by atoms with E-state index < -0.39 is 26.1 Å². The van der Waals surface area contributed by atoms with Crippen molar-refractivity contribution < 1.29 is 21.9 Å². The largest absolute Gasteiger partial charge is 0.350 e. The molecule has 0 saturated carbocycles. The Bertz CT molecular complexity index is 394. The summed E-state index contributed by atoms with van der Waals surface area (Å²) in [7, 11) is -4.40. The lowest BCUT2D eigenvalue weighted by atomic mass is 10.2. The van der Waals surface area contributed by atoms with Crippen molar-refractivity contribution in [1.29, 1.82) is 0 Å². The fourth-order valence-corrected chi connectivity index (χ4v) is 2.96. The summed E-state index contributed by atoms with van der Waals surface area (Å²) < 4.78 is 70.0. The van der Waals surface area contributed by atoms with Crippen LogP contribution in [0.5, 0.6) is 0 Å². The molecule has 4 nitrogen and oxygen atoms in total. The highest BCUT2D eigenvalue weighted by atomic mass is 31.2. The lowest BCUT2D eigenvalue weighted by Gasteiger charge is -2.32. The third-order valence-electron chi connectivity index (χ3n) is 1.82. The molecule has 1 atom stereocenters. The molecule has 5 heteroatoms. The van der Waals surface area contributed by atoms with Crippen molar-refractivity contribution in [2.24, 2.45) is 0 Å². The average Bonchev–Trinajstić information content (AvgIpc) is 2.50. The van der Waals surface area contributed by atoms with E-state index in [0.717, 1.165) is 0 Å². The van der Waals surface area contributed by atoms with E-state index in [4.69, 9.17) is 17.3 Å². The van der Waals surface area contributed by atoms with E-state index in [0.29, 0.717) is 5.31 Å². The van der Waals surface area contributed by atoms with Gasteiger partial charge in [-0.3, -0.25) is 4.57 Å². The minimum absolute atomic E-state index is 0.0982. The van der Waals surface area contributed by atoms with Gasteiger partial charge in [0.2, 0.25) is 0 Å². The first-order valence-corrected chi connectivity index (χ1v) is 6.20. The average molecular weight is 227 g/mol. The predicted molar refractivity (Wildman–Crippen MR) is 56.5 cm³/mol. The smallest absolute Gasteiger partial charge is 0.308 e. The van der Waals surface area contributed by atoms with Crippen molar-refractivity contribution >= 4 is 7.60 Å². The van der Waals surface area contributed by atoms with Gasteiger partial charge < -0.3 is 14.4 Å². The second-order valence-corrected chi connectivity index (χ2v) is 4.97. The molecule has 1 aliphatic rings. The van der Waals surface area contributed by atoms with E-state index in [-0.39, 0.29) is 26.2 Å². The summed E-state index contributed by atoms with van der Waals surface area (Å²) in [6.45, 7) is -0.363. The SMILES string of the molecule is [2H]N1CCC([2H])([2H])C1(C([2H])([2H])[2H])P(=O)(OCC)OCC. The minimum Gasteiger partial charge on any atom is -0.308 e. The molecule has 0 amide bonds. The van der Waals surface area contributed by atoms with Gasteiger partial charge in [0.05, 0.1) is 13.2 Å². The summed E-state index contributed by atoms with van der Waals surface area (Å²) in [4.78, 5) is 0. The zero-order valence-corrected chi connectivity index (χ0v) is 9.34. The maximum atomic E-state index is 13.0. The van der Waals surface area contributed by atoms with Gasteiger partial charge >= 0.3 is 7.60 Å². The second-order valence-electron chi connectivity index (χ2n) is 2.81. The Hall–Kier alpha value is 0.110. The quantitative estimate of drug-likeness (QED) is 0.732. The van der Waals surface area contributed by atoms with Crippen molar-refractivity contribution in [3.63, 3.8) is 0 Å². The number of hydrogen-bond acceptors (Lipinski definition) is 4. The van der Waals surface area contributed by atoms with E-state index >= 15 is 0 Å². The van der Waals surface area contributed by atoms with Crippen LogP contribution in [0.25, 0.3) is 0 Å². The topological polar surface area (TPSA) is 47.6 Å². The normalized spacial score (nSPS) is 40.4. The molecule has 1 fully saturated rings. The highest BCUT2D eigenvalue weighted by Gasteiger charge is 2.48. The highest BCUT2D eigenvalue weighted by molar-refractivity contribution is 7.55. The Morgan fingerprint density at radius 2 is 2.29 bits per heavy atom. The molecule has 1 unspecified atom stereocenters. The van der Waals surface area contributed by atoms with Crippen LogP contribution in [0.2, 0.25) is 1.41 Å². The fourth-order valence-electron chi connectivity index (χ4n) is 1.25. The third-order valence-corrected chi connectivity index (χ3v) is 4.11. The summed E-state index contributed by atoms with van der Waals surface area (Å²) in [6.07, 6.45) is -2.61. The lowest BCUT2D eigenvalue weighted by molar-refractivity contribution is 0.194. The Kier molecular flexibility index (Phi) is 2.04. The molecule has 1 aliphatic heterocycles. The Morgan fingerprint density at radius 3 is 2.64 bits per heavy atom. The minimum atomic E-state index is -4.40. The maximum Gasteiger partial charge on any atom is 0.350 e. The van der Waals surface area contributed by atoms with Gasteiger partial charge in [0, 0.05) is 6.85 Å². The molecule has 0 aromatic rings. The van der Waals surface area contributed by atoms with Crippen LogP contribution in [0.3, 0.4) is 0 Å². The van der Waals surface area contributed by atoms with Crippen LogP contribution in [0, 0.1) is 0 Å². The molecule has 14 heavy (non-hydrogen) atoms. The zero-order valence-electron chi connectivity index (χ0n) is 14.4. The highest BCUT2D eigenvalue weighted by Crippen LogP contribution is 2.61. The summed E-state index contributed by atoms with van der Waals surface area (Å²) >= 11 is 0. The van der Waals surface area contributed by atoms with Crippen LogP contribution in [-0.2, 0) is 13.6 Å². The van der Waals surface area contributed by atoms with Crippen molar-refractivity contribution in [3.8, 4) is 0 Å². The molecule has 0 aromatic heterocycles. The molecular formula is C9H20NO3P. The second kappa shape index (κ2) is 4.75. The van der Waals surface area contributed by atoms with Crippen LogP contribution in [0.1, 0.15) is 40.3 Å². The van der Waals surface area contributed by atoms with Gasteiger partial charge in [0.15, 0.2) is 0 Å². The molecule has 1 rings (SSSR count). The molecule has 1 N–H and O–H groups in total. The van der Waals surface area contributed by atoms with Gasteiger partial charge in [0.25, 0.3) is 0 Å². The number of hydrogen-bond donors (Lipinski definition) is 1. The van der Waals surface area contributed by atoms with Crippen LogP contribution in [0.4, 0.5) is 0 Å². The van der Waals surface area contributed by atoms with E-state index in [9.17, 15) is 4.57 Å². The standard InChI is InChI=1S/C9H20NO3P/c1-4-12-14(11,13-5-2)9(3)7-6-8-10-9/h10H,4-8H2,1-3H3/i3D3,7D2/hD. The summed E-state index contributed by atoms with van der Waals surface area (Å²) in [6, 6.07) is 0. The molecule has 1 heterocycles. The monoisotopic (exact) mass is 227 g/mol. The molecule has 0 radical (unpaired) electrons. The molecule has 1 saturated heterocycles. The number of nitrogens with one attached hydrogen (secondary N) is 1. The summed E-state index contributed by atoms with van der Waals surface area (Å²) in [5.74, 6) is 0. The van der Waals surface area contributed by atoms with Gasteiger partial charge in [0.1, 0.15) is 6.69 Å². The van der Waals surface area contributed by atoms with Crippen LogP contribution in [-0.4, -0.2) is 25.0 Å². The lowest BCUT2D eigenvalue weighted by Crippen LogP contribution is -2.37. The Labute approximate surface area is 94.4 Å². The van der Waals surface area contributed by atoms with Crippen LogP contribution in [0.15, 0.2) is 0 Å². The van der Waals surface area contributed by atoms with Crippen LogP contribution >= 0.6 is 7.60 Å². The molecule has 0 aliphatic carbocycles. The zero-order chi connectivity index (χ0) is 15.8. The van der Waals surface area contributed by atoms with Gasteiger partial charge in [-0.1, -0.05) is 0 Å². The predicted octanol–water partition coefficient (Wildman–Crippen LogP) is 2.35. The molecule has 84 valence electrons. The van der Waals surface area contributed by atoms with Gasteiger partial charge in [-0.15, -0.1) is 0 Å². The van der Waals surface area contributed by atoms with E-state index in [2.05, 4.69) is 0 Å². The van der Waals surface area contributed by atoms with Crippen molar-refractivity contribution in [2.75, 3.05) is 19.8 Å². The first-order valence-electron chi connectivity index (χ1n) is 7.60. The summed E-state index contributed by atoms with van der Waals surface area (Å²) in [5, 5.41) is -2.09. The van der Waals surface area contributed by atoms with E-state index in [1.54, 1.807) is 0 Å². The molecular weight excluding hydrogens is 201 g/mol. The maximum absolute atomic E-state index is 13.0. The van der Waals surface area contributed by atoms with Gasteiger partial charge in [-0.25, -0.2) is 0 Å². The summed E-state index contributed by atoms with van der Waals surface area (Å²) in [5.41, 5.74) is 0. The van der Waals surface area contributed by atoms with Crippen molar-refractivity contribution in [2.45, 2.75) is 38.8 Å². The first-order chi connectivity index (χ1) is 9.00. The van der Waals surface area contributed by atoms with Crippen LogP contribution < -0.4 is 5.31 Å². The first kappa shape index (κ1) is 6.00. The van der Waals surface area contributed by atoms with Gasteiger partial charge in [-0.05, 0) is 40.0 Å². The van der Waals surface area contributed by atoms with Gasteiger partial charge in [-0.2, -0.15) is 0 Å². The number of rotatable bonds is 5. The van der Waals surface area contributed by atoms with Crippen molar-refractivity contribution in [1.82, 2.24) is 5.31 Å². The van der Waals surface area contributed by atoms with Crippen molar-refractivity contribution in [3.05, 3.63) is 0 Å². The molecule has 0 aromatic carbocycles. The van der Waals surface area contributed by atoms with E-state index in [1.807, 2.05) is 0 Å². The van der Waals surface area contributed by atoms with E-state index in [1.165, 1.54) is 13.8 Å². The molecule has 0 bridgehead atoms. The third kappa shape index (κ3) is 2.19. The molecule has 0 spiro atoms.